The van der Waals surface area contributed by atoms with Gasteiger partial charge in [0, 0.05) is 32.7 Å². The lowest BCUT2D eigenvalue weighted by atomic mass is 10.1. The summed E-state index contributed by atoms with van der Waals surface area (Å²) in [4.78, 5) is 9.76. The summed E-state index contributed by atoms with van der Waals surface area (Å²) < 4.78 is 3.24. The van der Waals surface area contributed by atoms with Crippen LogP contribution in [0.2, 0.25) is 0 Å². The van der Waals surface area contributed by atoms with Crippen LogP contribution < -0.4 is 4.90 Å². The van der Waals surface area contributed by atoms with Crippen molar-refractivity contribution in [3.63, 3.8) is 0 Å². The molecule has 0 bridgehead atoms. The summed E-state index contributed by atoms with van der Waals surface area (Å²) in [5.41, 5.74) is 2.40. The lowest BCUT2D eigenvalue weighted by molar-refractivity contribution is 0.169. The van der Waals surface area contributed by atoms with Gasteiger partial charge in [0.1, 0.15) is 0 Å². The van der Waals surface area contributed by atoms with Crippen LogP contribution in [0, 0.1) is 0 Å². The van der Waals surface area contributed by atoms with Crippen molar-refractivity contribution in [2.75, 3.05) is 31.1 Å². The first-order valence-electron chi connectivity index (χ1n) is 11.0. The molecule has 1 atom stereocenters. The number of para-hydroxylation sites is 1. The zero-order valence-electron chi connectivity index (χ0n) is 17.8. The van der Waals surface area contributed by atoms with E-state index in [1.807, 2.05) is 10.7 Å². The van der Waals surface area contributed by atoms with Gasteiger partial charge in [-0.25, -0.2) is 9.67 Å². The molecule has 3 heterocycles. The van der Waals surface area contributed by atoms with Gasteiger partial charge in [0.2, 0.25) is 0 Å². The maximum Gasteiger partial charge on any atom is 0.186 e. The predicted octanol–water partition coefficient (Wildman–Crippen LogP) is 3.80. The van der Waals surface area contributed by atoms with Crippen LogP contribution in [0.25, 0.3) is 10.2 Å². The van der Waals surface area contributed by atoms with Crippen molar-refractivity contribution in [2.45, 2.75) is 32.4 Å². The van der Waals surface area contributed by atoms with E-state index in [1.165, 1.54) is 10.3 Å². The highest BCUT2D eigenvalue weighted by Gasteiger charge is 2.28. The minimum Gasteiger partial charge on any atom is -0.345 e. The molecule has 1 aliphatic heterocycles. The number of tetrazole rings is 1. The Kier molecular flexibility index (Phi) is 5.90. The summed E-state index contributed by atoms with van der Waals surface area (Å²) in [6, 6.07) is 19.1. The van der Waals surface area contributed by atoms with Crippen molar-refractivity contribution in [1.29, 1.82) is 0 Å². The van der Waals surface area contributed by atoms with Gasteiger partial charge in [-0.15, -0.1) is 5.10 Å². The Bertz CT molecular complexity index is 1080. The molecule has 2 aromatic heterocycles. The molecule has 0 aliphatic carbocycles. The third-order valence-corrected chi connectivity index (χ3v) is 7.10. The van der Waals surface area contributed by atoms with Gasteiger partial charge in [0.15, 0.2) is 11.0 Å². The summed E-state index contributed by atoms with van der Waals surface area (Å²) in [7, 11) is 0. The monoisotopic (exact) mass is 433 g/mol. The van der Waals surface area contributed by atoms with Crippen LogP contribution in [0.4, 0.5) is 5.13 Å². The topological polar surface area (TPSA) is 63.0 Å². The van der Waals surface area contributed by atoms with Crippen LogP contribution in [0.15, 0.2) is 54.6 Å². The van der Waals surface area contributed by atoms with Gasteiger partial charge < -0.3 is 4.90 Å². The third kappa shape index (κ3) is 4.31. The molecule has 0 saturated carbocycles. The van der Waals surface area contributed by atoms with Gasteiger partial charge in [-0.05, 0) is 41.0 Å². The Hall–Kier alpha value is -2.84. The second-order valence-electron chi connectivity index (χ2n) is 7.91. The Morgan fingerprint density at radius 3 is 2.52 bits per heavy atom. The minimum absolute atomic E-state index is 0.239. The molecule has 0 spiro atoms. The minimum atomic E-state index is 0.239. The van der Waals surface area contributed by atoms with Gasteiger partial charge in [-0.3, -0.25) is 4.90 Å². The second-order valence-corrected chi connectivity index (χ2v) is 8.92. The van der Waals surface area contributed by atoms with E-state index < -0.39 is 0 Å². The summed E-state index contributed by atoms with van der Waals surface area (Å²) in [5.74, 6) is 0.979. The normalized spacial score (nSPS) is 16.1. The molecule has 1 unspecified atom stereocenters. The van der Waals surface area contributed by atoms with Gasteiger partial charge >= 0.3 is 0 Å². The van der Waals surface area contributed by atoms with Gasteiger partial charge in [-0.2, -0.15) is 0 Å². The van der Waals surface area contributed by atoms with E-state index in [0.717, 1.165) is 62.0 Å². The van der Waals surface area contributed by atoms with Crippen molar-refractivity contribution >= 4 is 26.7 Å². The van der Waals surface area contributed by atoms with E-state index in [1.54, 1.807) is 11.3 Å². The molecule has 160 valence electrons. The standard InChI is InChI=1S/C23H27N7S/c1-2-20(22-25-26-27-30(22)13-12-18-8-4-3-5-9-18)28-14-16-29(17-15-28)23-24-19-10-6-7-11-21(19)31-23/h3-11,20H,2,12-17H2,1H3. The maximum absolute atomic E-state index is 4.83. The Morgan fingerprint density at radius 2 is 1.74 bits per heavy atom. The fourth-order valence-corrected chi connectivity index (χ4v) is 5.33. The van der Waals surface area contributed by atoms with E-state index in [9.17, 15) is 0 Å². The van der Waals surface area contributed by atoms with Crippen molar-refractivity contribution < 1.29 is 0 Å². The number of fused-ring (bicyclic) bond motifs is 1. The average molecular weight is 434 g/mol. The average Bonchev–Trinajstić information content (AvgIpc) is 3.46. The van der Waals surface area contributed by atoms with Crippen LogP contribution in [0.1, 0.15) is 30.8 Å². The van der Waals surface area contributed by atoms with E-state index in [-0.39, 0.29) is 6.04 Å². The van der Waals surface area contributed by atoms with Crippen LogP contribution in [-0.4, -0.2) is 56.3 Å². The van der Waals surface area contributed by atoms with Crippen molar-refractivity contribution in [3.8, 4) is 0 Å². The van der Waals surface area contributed by atoms with Crippen LogP contribution in [0.3, 0.4) is 0 Å². The number of aromatic nitrogens is 5. The molecule has 7 nitrogen and oxygen atoms in total. The zero-order chi connectivity index (χ0) is 21.0. The van der Waals surface area contributed by atoms with Crippen LogP contribution in [0.5, 0.6) is 0 Å². The molecule has 2 aromatic carbocycles. The highest BCUT2D eigenvalue weighted by atomic mass is 32.1. The third-order valence-electron chi connectivity index (χ3n) is 6.01. The van der Waals surface area contributed by atoms with E-state index in [0.29, 0.717) is 0 Å². The quantitative estimate of drug-likeness (QED) is 0.442. The SMILES string of the molecule is CCC(c1nnnn1CCc1ccccc1)N1CCN(c2nc3ccccc3s2)CC1. The number of hydrogen-bond acceptors (Lipinski definition) is 7. The summed E-state index contributed by atoms with van der Waals surface area (Å²) in [6.07, 6.45) is 1.92. The molecule has 0 N–H and O–H groups in total. The molecular weight excluding hydrogens is 406 g/mol. The fourth-order valence-electron chi connectivity index (χ4n) is 4.31. The van der Waals surface area contributed by atoms with Crippen LogP contribution in [-0.2, 0) is 13.0 Å². The first-order chi connectivity index (χ1) is 15.3. The molecule has 5 rings (SSSR count). The summed E-state index contributed by atoms with van der Waals surface area (Å²) in [6.45, 7) is 6.94. The van der Waals surface area contributed by atoms with Crippen LogP contribution >= 0.6 is 11.3 Å². The smallest absolute Gasteiger partial charge is 0.186 e. The molecule has 0 radical (unpaired) electrons. The molecule has 0 amide bonds. The highest BCUT2D eigenvalue weighted by Crippen LogP contribution is 2.30. The molecule has 31 heavy (non-hydrogen) atoms. The highest BCUT2D eigenvalue weighted by molar-refractivity contribution is 7.22. The fraction of sp³-hybridized carbons (Fsp3) is 0.391. The van der Waals surface area contributed by atoms with Gasteiger partial charge in [0.05, 0.1) is 16.3 Å². The first kappa shape index (κ1) is 20.1. The molecule has 1 aliphatic rings. The van der Waals surface area contributed by atoms with Crippen molar-refractivity contribution in [2.24, 2.45) is 0 Å². The first-order valence-corrected chi connectivity index (χ1v) is 11.8. The molecule has 1 fully saturated rings. The number of rotatable bonds is 7. The number of aryl methyl sites for hydroxylation is 2. The number of nitrogens with zero attached hydrogens (tertiary/aromatic N) is 7. The Morgan fingerprint density at radius 1 is 0.968 bits per heavy atom. The number of piperazine rings is 1. The molecule has 4 aromatic rings. The number of thiazole rings is 1. The predicted molar refractivity (Wildman–Crippen MR) is 124 cm³/mol. The maximum atomic E-state index is 4.83. The van der Waals surface area contributed by atoms with E-state index in [2.05, 4.69) is 80.8 Å². The van der Waals surface area contributed by atoms with Gasteiger partial charge in [-0.1, -0.05) is 60.7 Å². The molecular formula is C23H27N7S. The largest absolute Gasteiger partial charge is 0.345 e. The number of hydrogen-bond donors (Lipinski definition) is 0. The van der Waals surface area contributed by atoms with E-state index >= 15 is 0 Å². The van der Waals surface area contributed by atoms with E-state index in [4.69, 9.17) is 4.98 Å². The summed E-state index contributed by atoms with van der Waals surface area (Å²) >= 11 is 1.78. The second kappa shape index (κ2) is 9.11. The lowest BCUT2D eigenvalue weighted by Crippen LogP contribution is -2.48. The molecule has 8 heteroatoms. The Labute approximate surface area is 186 Å². The van der Waals surface area contributed by atoms with Crippen molar-refractivity contribution in [1.82, 2.24) is 30.1 Å². The lowest BCUT2D eigenvalue weighted by Gasteiger charge is -2.38. The molecule has 1 saturated heterocycles. The number of anilines is 1. The Balaban J connectivity index is 1.25. The summed E-state index contributed by atoms with van der Waals surface area (Å²) in [5, 5.41) is 13.8. The number of benzene rings is 2. The van der Waals surface area contributed by atoms with Gasteiger partial charge in [0.25, 0.3) is 0 Å². The zero-order valence-corrected chi connectivity index (χ0v) is 18.6. The van der Waals surface area contributed by atoms with Crippen molar-refractivity contribution in [3.05, 3.63) is 66.0 Å².